The molecule has 0 amide bonds. The van der Waals surface area contributed by atoms with E-state index in [9.17, 15) is 65.6 Å². The minimum absolute atomic E-state index is 0.0409. The minimum atomic E-state index is -4.44. The summed E-state index contributed by atoms with van der Waals surface area (Å²) < 4.78 is 183. The zero-order valence-electron chi connectivity index (χ0n) is 68.7. The van der Waals surface area contributed by atoms with E-state index in [0.717, 1.165) is 0 Å². The first-order chi connectivity index (χ1) is 52.7. The lowest BCUT2D eigenvalue weighted by Crippen LogP contribution is -2.50. The number of ether oxygens (including phenoxy) is 10. The van der Waals surface area contributed by atoms with Gasteiger partial charge in [0.1, 0.15) is 87.5 Å². The first-order valence-corrected chi connectivity index (χ1v) is 45.3. The highest BCUT2D eigenvalue weighted by Gasteiger charge is 2.53. The smallest absolute Gasteiger partial charge is 0.390 e. The van der Waals surface area contributed by atoms with Gasteiger partial charge in [0.25, 0.3) is 0 Å². The number of aliphatic hydroxyl groups excluding tert-OH is 2. The van der Waals surface area contributed by atoms with E-state index in [0.29, 0.717) is 31.6 Å². The first-order valence-electron chi connectivity index (χ1n) is 39.0. The second-order valence-corrected chi connectivity index (χ2v) is 39.3. The lowest BCUT2D eigenvalue weighted by Gasteiger charge is -2.29. The maximum atomic E-state index is 14.4. The van der Waals surface area contributed by atoms with Gasteiger partial charge in [-0.05, 0) is 49.4 Å². The van der Waals surface area contributed by atoms with Crippen molar-refractivity contribution in [3.8, 4) is 0 Å². The largest absolute Gasteiger partial charge is 0.403 e. The van der Waals surface area contributed by atoms with Gasteiger partial charge in [-0.1, -0.05) is 111 Å². The highest BCUT2D eigenvalue weighted by Crippen LogP contribution is 2.47. The van der Waals surface area contributed by atoms with E-state index in [1.165, 1.54) is 7.11 Å². The van der Waals surface area contributed by atoms with Crippen LogP contribution in [0.1, 0.15) is 136 Å². The van der Waals surface area contributed by atoms with E-state index < -0.39 is 226 Å². The molecule has 48 heteroatoms. The topological polar surface area (TPSA) is 415 Å². The Labute approximate surface area is 682 Å². The van der Waals surface area contributed by atoms with Crippen LogP contribution in [0.2, 0.25) is 0 Å². The van der Waals surface area contributed by atoms with Crippen LogP contribution >= 0.6 is 31.0 Å². The van der Waals surface area contributed by atoms with Crippen molar-refractivity contribution in [1.82, 2.24) is 41.6 Å². The molecule has 0 aromatic rings. The Morgan fingerprint density at radius 2 is 0.518 bits per heavy atom. The molecular weight excluding hydrogens is 1580 g/mol. The summed E-state index contributed by atoms with van der Waals surface area (Å²) in [5.41, 5.74) is 0. The molecule has 0 spiro atoms. The molecule has 8 rings (SSSR count). The standard InChI is InChI=1S/C18H35B2N2O7P.2C16H29B2F2N2O5P.C16H31B2N2O7P/c1-9(2)7-11-14(16(26-6)18(20)28-11)22-30(23,24)27-8-12-13(21-10(3)4)15(25-5)17(19)29-12;2*1-7(2)5-9-14(12(20)16(18)26-9)22-28(23,24)25-6-10-13(21-8(3)4)11(19)15(17)27-10;1-7(2)5-9-12(14(22)16(18)26-9)20-28(23,24)25-6-10-11(19-8(3)4)13(21)15(17)27-10/h9-18,21H,7-8H2,1-6H3,(H2,22,23,24);2*7-16,21H,5-6H2,1-4H3,(H2,22,23,24);7-16,19,21-22H,5-6H2,1-4H3,(H2,20,23,24)/t11-,12-,13?,14?,15+,16+,17-,18-;9-,10-,11+,12+,13?,14?,15-,16-;9-,10-,11-,12-,13?,14?,15-,16-;9-,10-,11?,12?,13+,14+,15-,16-/m1111/s1. The fourth-order valence-corrected chi connectivity index (χ4v) is 19.0. The number of aliphatic hydroxyl groups is 2. The molecule has 12 unspecified atom stereocenters. The monoisotopic (exact) mass is 1700 g/mol. The van der Waals surface area contributed by atoms with Crippen molar-refractivity contribution in [2.45, 2.75) is 355 Å². The van der Waals surface area contributed by atoms with Crippen LogP contribution in [-0.4, -0.2) is 352 Å². The summed E-state index contributed by atoms with van der Waals surface area (Å²) in [6, 6.07) is -13.9. The van der Waals surface area contributed by atoms with Crippen molar-refractivity contribution in [3.05, 3.63) is 0 Å². The summed E-state index contributed by atoms with van der Waals surface area (Å²) in [5.74, 6) is 0.888. The van der Waals surface area contributed by atoms with Crippen LogP contribution in [0.5, 0.6) is 0 Å². The van der Waals surface area contributed by atoms with E-state index in [-0.39, 0.29) is 67.3 Å². The molecule has 8 aliphatic heterocycles. The number of hydrogen-bond acceptors (Lipinski definition) is 24. The second-order valence-electron chi connectivity index (χ2n) is 33.1. The normalized spacial score (nSPS) is 40.5. The molecule has 644 valence electrons. The van der Waals surface area contributed by atoms with Crippen LogP contribution in [0.15, 0.2) is 0 Å². The molecular formula is C66H124B8F4N8O24P4. The number of methoxy groups -OCH3 is 2. The van der Waals surface area contributed by atoms with Gasteiger partial charge in [0.05, 0.1) is 148 Å². The first kappa shape index (κ1) is 105. The summed E-state index contributed by atoms with van der Waals surface area (Å²) in [5, 5.41) is 42.5. The predicted molar refractivity (Wildman–Crippen MR) is 425 cm³/mol. The average Bonchev–Trinajstić information content (AvgIpc) is 1.66. The Hall–Kier alpha value is 0.0395. The zero-order chi connectivity index (χ0) is 86.3. The Morgan fingerprint density at radius 1 is 0.307 bits per heavy atom. The van der Waals surface area contributed by atoms with E-state index in [4.69, 9.17) is 128 Å². The Bertz CT molecular complexity index is 2810. The molecule has 0 aliphatic carbocycles. The predicted octanol–water partition coefficient (Wildman–Crippen LogP) is 1.15. The number of hydrogen-bond donors (Lipinski definition) is 14. The number of halogens is 4. The van der Waals surface area contributed by atoms with Crippen molar-refractivity contribution >= 4 is 93.8 Å². The quantitative estimate of drug-likeness (QED) is 0.0234. The molecule has 32 nitrogen and oxygen atoms in total. The third kappa shape index (κ3) is 31.9. The van der Waals surface area contributed by atoms with Crippen LogP contribution in [0, 0.1) is 23.7 Å². The van der Waals surface area contributed by atoms with Gasteiger partial charge in [0.15, 0.2) is 0 Å². The Morgan fingerprint density at radius 3 is 0.842 bits per heavy atom. The molecule has 0 aromatic carbocycles. The van der Waals surface area contributed by atoms with Gasteiger partial charge in [0, 0.05) is 86.4 Å². The summed E-state index contributed by atoms with van der Waals surface area (Å²) in [7, 11) is 31.4. The molecule has 8 fully saturated rings. The molecule has 0 aromatic heterocycles. The molecule has 8 aliphatic rings. The lowest BCUT2D eigenvalue weighted by molar-refractivity contribution is 0.0225. The van der Waals surface area contributed by atoms with Crippen molar-refractivity contribution in [3.63, 3.8) is 0 Å². The number of rotatable bonds is 38. The molecule has 0 bridgehead atoms. The van der Waals surface area contributed by atoms with Crippen LogP contribution in [0.25, 0.3) is 0 Å². The van der Waals surface area contributed by atoms with Gasteiger partial charge in [-0.15, -0.1) is 0 Å². The maximum absolute atomic E-state index is 14.4. The van der Waals surface area contributed by atoms with Gasteiger partial charge >= 0.3 is 31.0 Å². The van der Waals surface area contributed by atoms with E-state index in [1.807, 2.05) is 111 Å². The van der Waals surface area contributed by atoms with E-state index >= 15 is 0 Å². The van der Waals surface area contributed by atoms with Crippen LogP contribution in [0.3, 0.4) is 0 Å². The summed E-state index contributed by atoms with van der Waals surface area (Å²) in [4.78, 5) is 41.0. The van der Waals surface area contributed by atoms with Crippen LogP contribution in [-0.2, 0) is 83.7 Å². The third-order valence-corrected chi connectivity index (χ3v) is 24.1. The van der Waals surface area contributed by atoms with Crippen molar-refractivity contribution < 1.29 is 131 Å². The van der Waals surface area contributed by atoms with Gasteiger partial charge in [-0.2, -0.15) is 0 Å². The molecule has 8 heterocycles. The van der Waals surface area contributed by atoms with Gasteiger partial charge < -0.3 is 98.4 Å². The van der Waals surface area contributed by atoms with Crippen LogP contribution in [0.4, 0.5) is 17.6 Å². The van der Waals surface area contributed by atoms with Gasteiger partial charge in [-0.25, -0.2) is 56.2 Å². The minimum Gasteiger partial charge on any atom is -0.390 e. The lowest BCUT2D eigenvalue weighted by atomic mass is 9.90. The molecule has 36 atom stereocenters. The molecule has 114 heavy (non-hydrogen) atoms. The second kappa shape index (κ2) is 46.8. The fraction of sp³-hybridized carbons (Fsp3) is 1.00. The third-order valence-electron chi connectivity index (χ3n) is 19.6. The molecule has 0 saturated carbocycles. The highest BCUT2D eigenvalue weighted by atomic mass is 31.2. The Kier molecular flexibility index (Phi) is 43.0. The van der Waals surface area contributed by atoms with Crippen molar-refractivity contribution in [1.29, 1.82) is 0 Å². The summed E-state index contributed by atoms with van der Waals surface area (Å²) in [6.07, 6.45) is -12.6. The molecule has 16 radical (unpaired) electrons. The maximum Gasteiger partial charge on any atom is 0.403 e. The highest BCUT2D eigenvalue weighted by molar-refractivity contribution is 7.51. The molecule has 8 saturated heterocycles. The SMILES string of the molecule is [B][C@@H]1O[C@H](COP(=O)(O)NC2[C@@H](CC(C)C)O[C@@H]([B])[C@H]2F)C(NC(C)C)[C@@H]1F.[B][C@@H]1O[C@H](COP(=O)(O)NC2[C@@H](CC(C)C)O[C@@H]([B])[C@H]2O)C(NC(C)C)[C@@H]1O.[B][C@@H]1O[C@H](COP(=O)(O)NC2[C@@H](CC(C)C)O[C@@H]([B])[C@H]2OC)C(NC(C)C)[C@@H]1OC.[B][C@@H]1O[C@H](COP(=O)(O)NC2[C@@H](F)[C@H]([B])O[C@@H]2CC(C)C)C(NC(C)C)[C@H]1F. The number of alkyl halides is 4. The van der Waals surface area contributed by atoms with Gasteiger partial charge in [0.2, 0.25) is 0 Å². The van der Waals surface area contributed by atoms with E-state index in [1.54, 1.807) is 7.11 Å². The zero-order valence-corrected chi connectivity index (χ0v) is 72.3. The van der Waals surface area contributed by atoms with Crippen LogP contribution < -0.4 is 41.6 Å². The number of nitrogens with one attached hydrogen (secondary N) is 8. The van der Waals surface area contributed by atoms with Crippen molar-refractivity contribution in [2.24, 2.45) is 23.7 Å². The Balaban J connectivity index is 0.000000272. The van der Waals surface area contributed by atoms with Gasteiger partial charge in [-0.3, -0.25) is 18.1 Å². The average molecular weight is 1700 g/mol. The summed E-state index contributed by atoms with van der Waals surface area (Å²) in [6.45, 7) is 29.5. The van der Waals surface area contributed by atoms with E-state index in [2.05, 4.69) is 41.6 Å². The summed E-state index contributed by atoms with van der Waals surface area (Å²) >= 11 is 0. The fourth-order valence-electron chi connectivity index (χ4n) is 14.6. The van der Waals surface area contributed by atoms with Crippen molar-refractivity contribution in [2.75, 3.05) is 40.6 Å². The molecule has 14 N–H and O–H groups in total.